The summed E-state index contributed by atoms with van der Waals surface area (Å²) in [6, 6.07) is 10.1. The Balaban J connectivity index is 1.71. The quantitative estimate of drug-likeness (QED) is 0.879. The van der Waals surface area contributed by atoms with Gasteiger partial charge in [0.15, 0.2) is 5.82 Å². The molecule has 1 aromatic carbocycles. The van der Waals surface area contributed by atoms with Crippen LogP contribution in [-0.2, 0) is 0 Å². The summed E-state index contributed by atoms with van der Waals surface area (Å²) in [4.78, 5) is 14.1. The molecule has 1 aliphatic heterocycles. The van der Waals surface area contributed by atoms with Crippen LogP contribution in [0.5, 0.6) is 0 Å². The summed E-state index contributed by atoms with van der Waals surface area (Å²) >= 11 is 0. The highest BCUT2D eigenvalue weighted by Gasteiger charge is 2.27. The third-order valence-corrected chi connectivity index (χ3v) is 4.45. The molecule has 0 spiro atoms. The fraction of sp³-hybridized carbons (Fsp3) is 0.421. The van der Waals surface area contributed by atoms with Gasteiger partial charge in [0, 0.05) is 24.2 Å². The number of anilines is 1. The number of amides is 1. The van der Waals surface area contributed by atoms with Gasteiger partial charge in [-0.2, -0.15) is 13.2 Å². The lowest BCUT2D eigenvalue weighted by Crippen LogP contribution is -2.33. The van der Waals surface area contributed by atoms with E-state index in [4.69, 9.17) is 0 Å². The average Bonchev–Trinajstić information content (AvgIpc) is 2.95. The van der Waals surface area contributed by atoms with Crippen LogP contribution in [0.1, 0.15) is 36.0 Å². The van der Waals surface area contributed by atoms with Crippen LogP contribution in [-0.4, -0.2) is 41.9 Å². The summed E-state index contributed by atoms with van der Waals surface area (Å²) in [5.74, 6) is 0.0445. The van der Waals surface area contributed by atoms with Gasteiger partial charge in [-0.25, -0.2) is 0 Å². The zero-order valence-corrected chi connectivity index (χ0v) is 14.8. The molecular weight excluding hydrogens is 357 g/mol. The fourth-order valence-electron chi connectivity index (χ4n) is 3.05. The standard InChI is InChI=1S/C19H21F3N4O/c20-19(21,22)13-23-18(27)15-7-5-6-14(12-15)16-8-9-17(25-24-16)26-10-3-1-2-4-11-26/h5-9,12H,1-4,10-11,13H2,(H,23,27). The molecule has 27 heavy (non-hydrogen) atoms. The number of nitrogens with one attached hydrogen (secondary N) is 1. The smallest absolute Gasteiger partial charge is 0.355 e. The number of halogens is 3. The molecule has 1 amide bonds. The zero-order chi connectivity index (χ0) is 19.3. The first-order chi connectivity index (χ1) is 12.9. The number of hydrogen-bond donors (Lipinski definition) is 1. The second kappa shape index (κ2) is 8.37. The maximum absolute atomic E-state index is 12.3. The van der Waals surface area contributed by atoms with Gasteiger partial charge >= 0.3 is 6.18 Å². The van der Waals surface area contributed by atoms with E-state index in [1.165, 1.54) is 25.0 Å². The van der Waals surface area contributed by atoms with Crippen molar-refractivity contribution >= 4 is 11.7 Å². The molecule has 1 N–H and O–H groups in total. The van der Waals surface area contributed by atoms with E-state index in [0.29, 0.717) is 11.3 Å². The molecule has 2 heterocycles. The van der Waals surface area contributed by atoms with E-state index >= 15 is 0 Å². The van der Waals surface area contributed by atoms with E-state index in [0.717, 1.165) is 31.7 Å². The lowest BCUT2D eigenvalue weighted by atomic mass is 10.1. The normalized spacial score (nSPS) is 15.3. The van der Waals surface area contributed by atoms with E-state index in [-0.39, 0.29) is 5.56 Å². The number of hydrogen-bond acceptors (Lipinski definition) is 4. The Kier molecular flexibility index (Phi) is 5.93. The van der Waals surface area contributed by atoms with Crippen molar-refractivity contribution in [2.45, 2.75) is 31.9 Å². The fourth-order valence-corrected chi connectivity index (χ4v) is 3.05. The number of carbonyl (C=O) groups is 1. The molecule has 3 rings (SSSR count). The molecule has 0 bridgehead atoms. The van der Waals surface area contributed by atoms with Crippen LogP contribution >= 0.6 is 0 Å². The Bertz CT molecular complexity index is 769. The first-order valence-electron chi connectivity index (χ1n) is 8.96. The third kappa shape index (κ3) is 5.42. The highest BCUT2D eigenvalue weighted by atomic mass is 19.4. The zero-order valence-electron chi connectivity index (χ0n) is 14.8. The molecule has 0 aliphatic carbocycles. The van der Waals surface area contributed by atoms with Crippen LogP contribution in [0.25, 0.3) is 11.3 Å². The summed E-state index contributed by atoms with van der Waals surface area (Å²) in [6.07, 6.45) is 0.287. The molecule has 1 saturated heterocycles. The van der Waals surface area contributed by atoms with Crippen molar-refractivity contribution in [2.75, 3.05) is 24.5 Å². The molecule has 8 heteroatoms. The first kappa shape index (κ1) is 19.1. The number of benzene rings is 1. The molecule has 1 aliphatic rings. The van der Waals surface area contributed by atoms with Crippen LogP contribution in [0, 0.1) is 0 Å². The maximum atomic E-state index is 12.3. The van der Waals surface area contributed by atoms with Gasteiger partial charge in [-0.15, -0.1) is 10.2 Å². The van der Waals surface area contributed by atoms with Gasteiger partial charge in [0.1, 0.15) is 6.54 Å². The number of nitrogens with zero attached hydrogens (tertiary/aromatic N) is 3. The summed E-state index contributed by atoms with van der Waals surface area (Å²) in [6.45, 7) is 0.562. The minimum atomic E-state index is -4.44. The Labute approximate surface area is 155 Å². The Hall–Kier alpha value is -2.64. The Morgan fingerprint density at radius 3 is 2.41 bits per heavy atom. The van der Waals surface area contributed by atoms with E-state index in [9.17, 15) is 18.0 Å². The lowest BCUT2D eigenvalue weighted by molar-refractivity contribution is -0.123. The highest BCUT2D eigenvalue weighted by molar-refractivity contribution is 5.95. The number of alkyl halides is 3. The third-order valence-electron chi connectivity index (χ3n) is 4.45. The molecule has 0 atom stereocenters. The van der Waals surface area contributed by atoms with E-state index < -0.39 is 18.6 Å². The van der Waals surface area contributed by atoms with Crippen molar-refractivity contribution in [2.24, 2.45) is 0 Å². The van der Waals surface area contributed by atoms with Gasteiger partial charge in [-0.3, -0.25) is 4.79 Å². The second-order valence-corrected chi connectivity index (χ2v) is 6.56. The largest absolute Gasteiger partial charge is 0.405 e. The van der Waals surface area contributed by atoms with E-state index in [2.05, 4.69) is 15.1 Å². The molecule has 5 nitrogen and oxygen atoms in total. The average molecular weight is 378 g/mol. The summed E-state index contributed by atoms with van der Waals surface area (Å²) in [5, 5.41) is 10.4. The van der Waals surface area contributed by atoms with E-state index in [1.807, 2.05) is 17.4 Å². The molecule has 0 saturated carbocycles. The predicted molar refractivity (Wildman–Crippen MR) is 96.5 cm³/mol. The highest BCUT2D eigenvalue weighted by Crippen LogP contribution is 2.22. The van der Waals surface area contributed by atoms with Crippen molar-refractivity contribution in [3.8, 4) is 11.3 Å². The molecule has 1 aromatic heterocycles. The topological polar surface area (TPSA) is 58.1 Å². The lowest BCUT2D eigenvalue weighted by Gasteiger charge is -2.20. The van der Waals surface area contributed by atoms with Gasteiger partial charge in [-0.1, -0.05) is 25.0 Å². The van der Waals surface area contributed by atoms with Crippen molar-refractivity contribution in [1.82, 2.24) is 15.5 Å². The van der Waals surface area contributed by atoms with Gasteiger partial charge in [0.05, 0.1) is 5.69 Å². The Morgan fingerprint density at radius 1 is 1.04 bits per heavy atom. The minimum Gasteiger partial charge on any atom is -0.355 e. The monoisotopic (exact) mass is 378 g/mol. The van der Waals surface area contributed by atoms with Gasteiger partial charge < -0.3 is 10.2 Å². The number of aromatic nitrogens is 2. The van der Waals surface area contributed by atoms with Gasteiger partial charge in [0.2, 0.25) is 0 Å². The summed E-state index contributed by atoms with van der Waals surface area (Å²) in [5.41, 5.74) is 1.35. The second-order valence-electron chi connectivity index (χ2n) is 6.56. The van der Waals surface area contributed by atoms with Crippen molar-refractivity contribution in [1.29, 1.82) is 0 Å². The molecular formula is C19H21F3N4O. The Morgan fingerprint density at radius 2 is 1.78 bits per heavy atom. The van der Waals surface area contributed by atoms with Crippen LogP contribution < -0.4 is 10.2 Å². The molecule has 2 aromatic rings. The number of carbonyl (C=O) groups excluding carboxylic acids is 1. The number of rotatable bonds is 4. The van der Waals surface area contributed by atoms with E-state index in [1.54, 1.807) is 12.1 Å². The molecule has 0 unspecified atom stereocenters. The van der Waals surface area contributed by atoms with Crippen LogP contribution in [0.15, 0.2) is 36.4 Å². The van der Waals surface area contributed by atoms with Crippen LogP contribution in [0.3, 0.4) is 0 Å². The van der Waals surface area contributed by atoms with Crippen LogP contribution in [0.2, 0.25) is 0 Å². The van der Waals surface area contributed by atoms with Crippen molar-refractivity contribution in [3.63, 3.8) is 0 Å². The molecule has 1 fully saturated rings. The SMILES string of the molecule is O=C(NCC(F)(F)F)c1cccc(-c2ccc(N3CCCCCC3)nn2)c1. The minimum absolute atomic E-state index is 0.148. The summed E-state index contributed by atoms with van der Waals surface area (Å²) in [7, 11) is 0. The van der Waals surface area contributed by atoms with Crippen LogP contribution in [0.4, 0.5) is 19.0 Å². The first-order valence-corrected chi connectivity index (χ1v) is 8.96. The molecule has 0 radical (unpaired) electrons. The molecule has 144 valence electrons. The van der Waals surface area contributed by atoms with Crippen molar-refractivity contribution in [3.05, 3.63) is 42.0 Å². The predicted octanol–water partition coefficient (Wildman–Crippen LogP) is 3.82. The maximum Gasteiger partial charge on any atom is 0.405 e. The van der Waals surface area contributed by atoms with Gasteiger partial charge in [-0.05, 0) is 37.1 Å². The van der Waals surface area contributed by atoms with Gasteiger partial charge in [0.25, 0.3) is 5.91 Å². The summed E-state index contributed by atoms with van der Waals surface area (Å²) < 4.78 is 36.8. The van der Waals surface area contributed by atoms with Crippen molar-refractivity contribution < 1.29 is 18.0 Å².